The topological polar surface area (TPSA) is 21.3 Å². The van der Waals surface area contributed by atoms with Gasteiger partial charge in [0, 0.05) is 13.7 Å². The molecule has 0 aliphatic heterocycles. The molecule has 0 atom stereocenters. The molecule has 1 N–H and O–H groups in total. The lowest BCUT2D eigenvalue weighted by Gasteiger charge is -2.11. The minimum Gasteiger partial charge on any atom is -0.383 e. The fraction of sp³-hybridized carbons (Fsp3) is 0.647. The van der Waals surface area contributed by atoms with Gasteiger partial charge in [-0.2, -0.15) is 0 Å². The van der Waals surface area contributed by atoms with E-state index in [1.807, 2.05) is 0 Å². The Balaban J connectivity index is 2.19. The van der Waals surface area contributed by atoms with Gasteiger partial charge in [-0.05, 0) is 63.3 Å². The Bertz CT molecular complexity index is 351. The third-order valence-corrected chi connectivity index (χ3v) is 3.60. The summed E-state index contributed by atoms with van der Waals surface area (Å²) < 4.78 is 5.00. The lowest BCUT2D eigenvalue weighted by atomic mass is 9.95. The maximum absolute atomic E-state index is 5.00. The van der Waals surface area contributed by atoms with E-state index in [0.717, 1.165) is 19.7 Å². The van der Waals surface area contributed by atoms with Gasteiger partial charge in [0.1, 0.15) is 0 Å². The Morgan fingerprint density at radius 2 is 1.63 bits per heavy atom. The van der Waals surface area contributed by atoms with Crippen LogP contribution in [0.1, 0.15) is 41.5 Å². The van der Waals surface area contributed by atoms with Gasteiger partial charge in [0.2, 0.25) is 0 Å². The fourth-order valence-corrected chi connectivity index (χ4v) is 2.63. The van der Waals surface area contributed by atoms with Gasteiger partial charge >= 0.3 is 0 Å². The number of ether oxygens (including phenoxy) is 1. The molecule has 0 fully saturated rings. The predicted molar refractivity (Wildman–Crippen MR) is 83.0 cm³/mol. The van der Waals surface area contributed by atoms with Crippen molar-refractivity contribution in [3.8, 4) is 0 Å². The summed E-state index contributed by atoms with van der Waals surface area (Å²) in [5, 5.41) is 3.39. The summed E-state index contributed by atoms with van der Waals surface area (Å²) in [4.78, 5) is 0. The van der Waals surface area contributed by atoms with E-state index < -0.39 is 0 Å². The number of hydrogen-bond donors (Lipinski definition) is 1. The molecule has 1 rings (SSSR count). The standard InChI is InChI=1S/C17H29NO/c1-14-12-15(2)17(16(3)13-14)8-6-5-7-9-18-10-11-19-4/h12-13,18H,5-11H2,1-4H3. The molecule has 2 nitrogen and oxygen atoms in total. The van der Waals surface area contributed by atoms with E-state index in [1.54, 1.807) is 12.7 Å². The summed E-state index contributed by atoms with van der Waals surface area (Å²) in [6.45, 7) is 9.53. The van der Waals surface area contributed by atoms with Gasteiger partial charge in [-0.15, -0.1) is 0 Å². The summed E-state index contributed by atoms with van der Waals surface area (Å²) in [6.07, 6.45) is 5.06. The number of nitrogens with one attached hydrogen (secondary N) is 1. The first-order chi connectivity index (χ1) is 9.15. The zero-order valence-corrected chi connectivity index (χ0v) is 13.0. The lowest BCUT2D eigenvalue weighted by molar-refractivity contribution is 0.199. The molecule has 0 spiro atoms. The van der Waals surface area contributed by atoms with Crippen LogP contribution in [-0.2, 0) is 11.2 Å². The number of rotatable bonds is 9. The lowest BCUT2D eigenvalue weighted by Crippen LogP contribution is -2.20. The van der Waals surface area contributed by atoms with Gasteiger partial charge in [0.05, 0.1) is 6.61 Å². The highest BCUT2D eigenvalue weighted by Gasteiger charge is 2.03. The Labute approximate surface area is 118 Å². The highest BCUT2D eigenvalue weighted by atomic mass is 16.5. The summed E-state index contributed by atoms with van der Waals surface area (Å²) >= 11 is 0. The van der Waals surface area contributed by atoms with E-state index in [0.29, 0.717) is 0 Å². The van der Waals surface area contributed by atoms with Crippen molar-refractivity contribution >= 4 is 0 Å². The molecule has 2 heteroatoms. The highest BCUT2D eigenvalue weighted by Crippen LogP contribution is 2.18. The van der Waals surface area contributed by atoms with Crippen LogP contribution in [0.25, 0.3) is 0 Å². The van der Waals surface area contributed by atoms with Crippen molar-refractivity contribution in [1.82, 2.24) is 5.32 Å². The molecule has 0 amide bonds. The number of aryl methyl sites for hydroxylation is 3. The second kappa shape index (κ2) is 9.11. The van der Waals surface area contributed by atoms with Crippen molar-refractivity contribution in [3.05, 3.63) is 34.4 Å². The van der Waals surface area contributed by atoms with Crippen LogP contribution in [0.4, 0.5) is 0 Å². The van der Waals surface area contributed by atoms with Crippen LogP contribution in [0.5, 0.6) is 0 Å². The first-order valence-corrected chi connectivity index (χ1v) is 7.41. The van der Waals surface area contributed by atoms with Crippen molar-refractivity contribution < 1.29 is 4.74 Å². The maximum atomic E-state index is 5.00. The molecular weight excluding hydrogens is 234 g/mol. The van der Waals surface area contributed by atoms with E-state index in [2.05, 4.69) is 38.2 Å². The molecule has 0 heterocycles. The second-order valence-electron chi connectivity index (χ2n) is 5.43. The zero-order chi connectivity index (χ0) is 14.1. The quantitative estimate of drug-likeness (QED) is 0.688. The van der Waals surface area contributed by atoms with Crippen molar-refractivity contribution in [2.45, 2.75) is 46.5 Å². The van der Waals surface area contributed by atoms with Crippen LogP contribution in [-0.4, -0.2) is 26.8 Å². The van der Waals surface area contributed by atoms with Crippen LogP contribution in [0.2, 0.25) is 0 Å². The third kappa shape index (κ3) is 6.22. The van der Waals surface area contributed by atoms with Gasteiger partial charge in [-0.3, -0.25) is 0 Å². The first-order valence-electron chi connectivity index (χ1n) is 7.41. The molecule has 1 aromatic carbocycles. The Morgan fingerprint density at radius 3 is 2.26 bits per heavy atom. The Kier molecular flexibility index (Phi) is 7.76. The van der Waals surface area contributed by atoms with Gasteiger partial charge in [-0.1, -0.05) is 24.1 Å². The Morgan fingerprint density at radius 1 is 0.947 bits per heavy atom. The minimum atomic E-state index is 0.807. The number of unbranched alkanes of at least 4 members (excludes halogenated alkanes) is 2. The molecular formula is C17H29NO. The predicted octanol–water partition coefficient (Wildman–Crippen LogP) is 3.56. The fourth-order valence-electron chi connectivity index (χ4n) is 2.63. The highest BCUT2D eigenvalue weighted by molar-refractivity contribution is 5.37. The molecule has 0 aromatic heterocycles. The first kappa shape index (κ1) is 16.2. The van der Waals surface area contributed by atoms with E-state index in [9.17, 15) is 0 Å². The minimum absolute atomic E-state index is 0.807. The SMILES string of the molecule is COCCNCCCCCc1c(C)cc(C)cc1C. The van der Waals surface area contributed by atoms with E-state index in [-0.39, 0.29) is 0 Å². The Hall–Kier alpha value is -0.860. The average molecular weight is 263 g/mol. The molecule has 0 saturated heterocycles. The van der Waals surface area contributed by atoms with E-state index in [1.165, 1.54) is 42.4 Å². The number of benzene rings is 1. The molecule has 0 aliphatic rings. The molecule has 0 aliphatic carbocycles. The normalized spacial score (nSPS) is 10.9. The van der Waals surface area contributed by atoms with E-state index in [4.69, 9.17) is 4.74 Å². The second-order valence-corrected chi connectivity index (χ2v) is 5.43. The summed E-state index contributed by atoms with van der Waals surface area (Å²) in [5.41, 5.74) is 5.84. The van der Waals surface area contributed by atoms with Crippen molar-refractivity contribution in [3.63, 3.8) is 0 Å². The number of hydrogen-bond acceptors (Lipinski definition) is 2. The summed E-state index contributed by atoms with van der Waals surface area (Å²) in [5.74, 6) is 0. The van der Waals surface area contributed by atoms with Crippen LogP contribution < -0.4 is 5.32 Å². The van der Waals surface area contributed by atoms with E-state index >= 15 is 0 Å². The van der Waals surface area contributed by atoms with Crippen molar-refractivity contribution in [2.75, 3.05) is 26.8 Å². The van der Waals surface area contributed by atoms with Crippen molar-refractivity contribution in [2.24, 2.45) is 0 Å². The monoisotopic (exact) mass is 263 g/mol. The van der Waals surface area contributed by atoms with Crippen LogP contribution >= 0.6 is 0 Å². The van der Waals surface area contributed by atoms with Gasteiger partial charge in [-0.25, -0.2) is 0 Å². The molecule has 1 aromatic rings. The molecule has 19 heavy (non-hydrogen) atoms. The molecule has 0 unspecified atom stereocenters. The smallest absolute Gasteiger partial charge is 0.0587 e. The molecule has 0 radical (unpaired) electrons. The van der Waals surface area contributed by atoms with Crippen LogP contribution in [0.3, 0.4) is 0 Å². The third-order valence-electron chi connectivity index (χ3n) is 3.60. The van der Waals surface area contributed by atoms with Crippen LogP contribution in [0.15, 0.2) is 12.1 Å². The average Bonchev–Trinajstić information content (AvgIpc) is 2.35. The maximum Gasteiger partial charge on any atom is 0.0587 e. The van der Waals surface area contributed by atoms with Gasteiger partial charge < -0.3 is 10.1 Å². The van der Waals surface area contributed by atoms with Gasteiger partial charge in [0.25, 0.3) is 0 Å². The van der Waals surface area contributed by atoms with Crippen molar-refractivity contribution in [1.29, 1.82) is 0 Å². The summed E-state index contributed by atoms with van der Waals surface area (Å²) in [6, 6.07) is 4.60. The summed E-state index contributed by atoms with van der Waals surface area (Å²) in [7, 11) is 1.74. The largest absolute Gasteiger partial charge is 0.383 e. The number of methoxy groups -OCH3 is 1. The zero-order valence-electron chi connectivity index (χ0n) is 13.0. The molecule has 0 saturated carbocycles. The van der Waals surface area contributed by atoms with Gasteiger partial charge in [0.15, 0.2) is 0 Å². The molecule has 108 valence electrons. The van der Waals surface area contributed by atoms with Crippen LogP contribution in [0, 0.1) is 20.8 Å². The molecule has 0 bridgehead atoms.